The molecule has 5 rings (SSSR count). The zero-order valence-electron chi connectivity index (χ0n) is 19.9. The van der Waals surface area contributed by atoms with Crippen molar-refractivity contribution in [3.63, 3.8) is 0 Å². The molecule has 2 fully saturated rings. The van der Waals surface area contributed by atoms with Gasteiger partial charge in [-0.15, -0.1) is 0 Å². The van der Waals surface area contributed by atoms with Crippen molar-refractivity contribution in [2.75, 3.05) is 18.5 Å². The van der Waals surface area contributed by atoms with E-state index in [2.05, 4.69) is 10.5 Å². The third kappa shape index (κ3) is 4.78. The summed E-state index contributed by atoms with van der Waals surface area (Å²) in [5.41, 5.74) is 3.81. The number of para-hydroxylation sites is 3. The Hall–Kier alpha value is -3.68. The minimum absolute atomic E-state index is 0.0126. The van der Waals surface area contributed by atoms with Crippen LogP contribution in [0, 0.1) is 0 Å². The van der Waals surface area contributed by atoms with E-state index in [1.807, 2.05) is 54.6 Å². The van der Waals surface area contributed by atoms with Crippen LogP contribution in [0.15, 0.2) is 69.3 Å². The maximum atomic E-state index is 13.9. The Morgan fingerprint density at radius 2 is 1.49 bits per heavy atom. The second kappa shape index (κ2) is 10.3. The SMILES string of the molecule is O=C(Cn1c(=O)/c(=N\Nc2ccccc2)c(=O)n(C2CCCCC2)c2ccccc21)N1CCCC1. The normalized spacial score (nSPS) is 17.1. The Bertz CT molecular complexity index is 1400. The molecule has 1 N–H and O–H groups in total. The van der Waals surface area contributed by atoms with Gasteiger partial charge in [-0.3, -0.25) is 24.4 Å². The molecule has 8 nitrogen and oxygen atoms in total. The minimum atomic E-state index is -0.559. The average Bonchev–Trinajstić information content (AvgIpc) is 3.42. The van der Waals surface area contributed by atoms with Crippen LogP contribution in [0.3, 0.4) is 0 Å². The molecule has 0 unspecified atom stereocenters. The van der Waals surface area contributed by atoms with Gasteiger partial charge in [0, 0.05) is 19.1 Å². The van der Waals surface area contributed by atoms with E-state index >= 15 is 0 Å². The van der Waals surface area contributed by atoms with Crippen LogP contribution in [0.1, 0.15) is 51.0 Å². The lowest BCUT2D eigenvalue weighted by molar-refractivity contribution is -0.130. The summed E-state index contributed by atoms with van der Waals surface area (Å²) in [6, 6.07) is 16.6. The molecule has 3 aromatic rings. The van der Waals surface area contributed by atoms with E-state index < -0.39 is 11.1 Å². The number of hydrogen-bond donors (Lipinski definition) is 1. The highest BCUT2D eigenvalue weighted by atomic mass is 16.2. The van der Waals surface area contributed by atoms with Crippen LogP contribution >= 0.6 is 0 Å². The van der Waals surface area contributed by atoms with E-state index in [4.69, 9.17) is 0 Å². The monoisotopic (exact) mass is 473 g/mol. The fourth-order valence-electron chi connectivity index (χ4n) is 5.24. The summed E-state index contributed by atoms with van der Waals surface area (Å²) in [4.78, 5) is 42.7. The number of rotatable bonds is 5. The van der Waals surface area contributed by atoms with Crippen LogP contribution in [0.5, 0.6) is 0 Å². The molecule has 35 heavy (non-hydrogen) atoms. The zero-order chi connectivity index (χ0) is 24.2. The van der Waals surface area contributed by atoms with Crippen LogP contribution in [-0.4, -0.2) is 33.0 Å². The largest absolute Gasteiger partial charge is 0.341 e. The van der Waals surface area contributed by atoms with E-state index in [1.165, 1.54) is 4.57 Å². The van der Waals surface area contributed by atoms with E-state index in [1.54, 1.807) is 9.47 Å². The van der Waals surface area contributed by atoms with Crippen LogP contribution in [0.2, 0.25) is 0 Å². The van der Waals surface area contributed by atoms with Gasteiger partial charge in [0.2, 0.25) is 11.3 Å². The highest BCUT2D eigenvalue weighted by molar-refractivity contribution is 5.80. The summed E-state index contributed by atoms with van der Waals surface area (Å²) in [5.74, 6) is -0.111. The first kappa shape index (κ1) is 23.1. The maximum Gasteiger partial charge on any atom is 0.285 e. The van der Waals surface area contributed by atoms with Crippen molar-refractivity contribution in [1.82, 2.24) is 14.0 Å². The standard InChI is InChI=1S/C27H31N5O3/c33-24(30-17-9-10-18-30)19-31-22-15-7-8-16-23(22)32(21-13-5-2-6-14-21)27(35)25(26(31)34)29-28-20-11-3-1-4-12-20/h1,3-4,7-8,11-12,15-16,21,28H,2,5-6,9-10,13-14,17-19H2/b29-25+. The molecule has 1 saturated heterocycles. The summed E-state index contributed by atoms with van der Waals surface area (Å²) in [7, 11) is 0. The van der Waals surface area contributed by atoms with Gasteiger partial charge in [-0.1, -0.05) is 49.6 Å². The van der Waals surface area contributed by atoms with Crippen molar-refractivity contribution in [2.24, 2.45) is 5.10 Å². The molecule has 0 bridgehead atoms. The molecule has 0 radical (unpaired) electrons. The second-order valence-corrected chi connectivity index (χ2v) is 9.37. The number of benzene rings is 2. The Labute approximate surface area is 203 Å². The van der Waals surface area contributed by atoms with Crippen LogP contribution in [0.4, 0.5) is 5.69 Å². The summed E-state index contributed by atoms with van der Waals surface area (Å²) >= 11 is 0. The smallest absolute Gasteiger partial charge is 0.285 e. The first-order chi connectivity index (χ1) is 17.1. The number of nitrogens with one attached hydrogen (secondary N) is 1. The van der Waals surface area contributed by atoms with Crippen LogP contribution in [0.25, 0.3) is 11.0 Å². The first-order valence-electron chi connectivity index (χ1n) is 12.5. The molecule has 1 aliphatic heterocycles. The predicted molar refractivity (Wildman–Crippen MR) is 136 cm³/mol. The number of nitrogens with zero attached hydrogens (tertiary/aromatic N) is 4. The summed E-state index contributed by atoms with van der Waals surface area (Å²) in [6.07, 6.45) is 6.91. The molecular weight excluding hydrogens is 442 g/mol. The molecule has 0 atom stereocenters. The molecule has 1 amide bonds. The van der Waals surface area contributed by atoms with E-state index in [0.717, 1.165) is 44.9 Å². The lowest BCUT2D eigenvalue weighted by atomic mass is 9.95. The topological polar surface area (TPSA) is 88.7 Å². The number of amides is 1. The number of fused-ring (bicyclic) bond motifs is 1. The molecule has 2 heterocycles. The van der Waals surface area contributed by atoms with Crippen molar-refractivity contribution >= 4 is 22.6 Å². The molecule has 8 heteroatoms. The van der Waals surface area contributed by atoms with Gasteiger partial charge in [0.15, 0.2) is 0 Å². The highest BCUT2D eigenvalue weighted by Crippen LogP contribution is 2.28. The van der Waals surface area contributed by atoms with Crippen molar-refractivity contribution in [2.45, 2.75) is 57.5 Å². The van der Waals surface area contributed by atoms with Gasteiger partial charge >= 0.3 is 0 Å². The Morgan fingerprint density at radius 1 is 0.829 bits per heavy atom. The molecule has 0 spiro atoms. The molecule has 2 aromatic carbocycles. The number of hydrogen-bond acceptors (Lipinski definition) is 5. The molecular formula is C27H31N5O3. The van der Waals surface area contributed by atoms with E-state index in [-0.39, 0.29) is 23.9 Å². The number of likely N-dealkylation sites (tertiary alicyclic amines) is 1. The van der Waals surface area contributed by atoms with Gasteiger partial charge in [0.1, 0.15) is 6.54 Å². The van der Waals surface area contributed by atoms with E-state index in [9.17, 15) is 14.4 Å². The number of anilines is 1. The van der Waals surface area contributed by atoms with Gasteiger partial charge in [-0.05, 0) is 49.9 Å². The summed E-state index contributed by atoms with van der Waals surface area (Å²) < 4.78 is 3.18. The number of carbonyl (C=O) groups excluding carboxylic acids is 1. The quantitative estimate of drug-likeness (QED) is 0.577. The Morgan fingerprint density at radius 3 is 2.20 bits per heavy atom. The van der Waals surface area contributed by atoms with Gasteiger partial charge < -0.3 is 9.47 Å². The lowest BCUT2D eigenvalue weighted by Gasteiger charge is -2.24. The van der Waals surface area contributed by atoms with Crippen molar-refractivity contribution in [3.8, 4) is 0 Å². The molecule has 1 saturated carbocycles. The van der Waals surface area contributed by atoms with Crippen molar-refractivity contribution < 1.29 is 4.79 Å². The Kier molecular flexibility index (Phi) is 6.79. The minimum Gasteiger partial charge on any atom is -0.341 e. The van der Waals surface area contributed by atoms with Crippen LogP contribution in [-0.2, 0) is 11.3 Å². The average molecular weight is 474 g/mol. The highest BCUT2D eigenvalue weighted by Gasteiger charge is 2.23. The molecule has 1 aromatic heterocycles. The van der Waals surface area contributed by atoms with Gasteiger partial charge in [0.05, 0.1) is 16.7 Å². The molecule has 182 valence electrons. The van der Waals surface area contributed by atoms with Crippen molar-refractivity contribution in [1.29, 1.82) is 0 Å². The van der Waals surface area contributed by atoms with Crippen LogP contribution < -0.4 is 21.9 Å². The predicted octanol–water partition coefficient (Wildman–Crippen LogP) is 3.22. The van der Waals surface area contributed by atoms with E-state index in [0.29, 0.717) is 29.8 Å². The maximum absolute atomic E-state index is 13.9. The third-order valence-corrected chi connectivity index (χ3v) is 7.06. The molecule has 1 aliphatic carbocycles. The summed E-state index contributed by atoms with van der Waals surface area (Å²) in [5, 5.41) is 4.11. The van der Waals surface area contributed by atoms with Crippen molar-refractivity contribution in [3.05, 3.63) is 80.7 Å². The first-order valence-corrected chi connectivity index (χ1v) is 12.5. The fourth-order valence-corrected chi connectivity index (χ4v) is 5.24. The number of carbonyl (C=O) groups is 1. The van der Waals surface area contributed by atoms with Gasteiger partial charge in [0.25, 0.3) is 11.1 Å². The fraction of sp³-hybridized carbons (Fsp3) is 0.407. The second-order valence-electron chi connectivity index (χ2n) is 9.37. The Balaban J connectivity index is 1.76. The van der Waals surface area contributed by atoms with Gasteiger partial charge in [-0.25, -0.2) is 0 Å². The molecule has 2 aliphatic rings. The zero-order valence-corrected chi connectivity index (χ0v) is 19.9. The third-order valence-electron chi connectivity index (χ3n) is 7.06. The number of aromatic nitrogens is 2. The summed E-state index contributed by atoms with van der Waals surface area (Å²) in [6.45, 7) is 1.28. The lowest BCUT2D eigenvalue weighted by Crippen LogP contribution is -2.47. The van der Waals surface area contributed by atoms with Gasteiger partial charge in [-0.2, -0.15) is 5.10 Å².